The highest BCUT2D eigenvalue weighted by Crippen LogP contribution is 2.31. The van der Waals surface area contributed by atoms with Gasteiger partial charge in [-0.25, -0.2) is 0 Å². The number of halogens is 3. The molecule has 3 heterocycles. The number of amides is 1. The van der Waals surface area contributed by atoms with Gasteiger partial charge < -0.3 is 9.80 Å². The van der Waals surface area contributed by atoms with E-state index >= 15 is 0 Å². The third-order valence-corrected chi connectivity index (χ3v) is 6.07. The molecule has 1 fully saturated rings. The van der Waals surface area contributed by atoms with Crippen LogP contribution in [-0.4, -0.2) is 47.7 Å². The topological polar surface area (TPSA) is 69.3 Å². The molecule has 0 bridgehead atoms. The number of thiophene rings is 1. The Morgan fingerprint density at radius 3 is 2.42 bits per heavy atom. The molecule has 31 heavy (non-hydrogen) atoms. The Morgan fingerprint density at radius 1 is 1.10 bits per heavy atom. The number of benzene rings is 1. The Kier molecular flexibility index (Phi) is 5.45. The lowest BCUT2D eigenvalue weighted by atomic mass is 10.1. The van der Waals surface area contributed by atoms with Crippen LogP contribution in [0.5, 0.6) is 0 Å². The fourth-order valence-electron chi connectivity index (χ4n) is 3.84. The zero-order valence-corrected chi connectivity index (χ0v) is 17.0. The second kappa shape index (κ2) is 8.07. The molecular weight excluding hydrogens is 429 g/mol. The van der Waals surface area contributed by atoms with E-state index in [1.165, 1.54) is 17.4 Å². The van der Waals surface area contributed by atoms with Gasteiger partial charge in [0.2, 0.25) is 0 Å². The van der Waals surface area contributed by atoms with E-state index in [2.05, 4.69) is 0 Å². The first-order chi connectivity index (χ1) is 14.8. The van der Waals surface area contributed by atoms with Gasteiger partial charge in [0.1, 0.15) is 18.2 Å². The van der Waals surface area contributed by atoms with Gasteiger partial charge in [-0.1, -0.05) is 24.3 Å². The number of aromatic nitrogens is 1. The van der Waals surface area contributed by atoms with Gasteiger partial charge in [-0.05, 0) is 17.5 Å². The monoisotopic (exact) mass is 446 g/mol. The number of rotatable bonds is 3. The van der Waals surface area contributed by atoms with E-state index in [1.807, 2.05) is 11.4 Å². The van der Waals surface area contributed by atoms with Crippen LogP contribution in [0.4, 0.5) is 18.9 Å². The first-order valence-corrected chi connectivity index (χ1v) is 10.4. The van der Waals surface area contributed by atoms with Crippen molar-refractivity contribution in [2.24, 2.45) is 0 Å². The van der Waals surface area contributed by atoms with E-state index in [-0.39, 0.29) is 17.0 Å². The minimum atomic E-state index is -4.60. The number of para-hydroxylation sites is 1. The van der Waals surface area contributed by atoms with Gasteiger partial charge in [0.05, 0.1) is 16.1 Å². The lowest BCUT2D eigenvalue weighted by Gasteiger charge is -2.37. The Morgan fingerprint density at radius 2 is 1.81 bits per heavy atom. The number of hydrogen-bond acceptors (Lipinski definition) is 5. The predicted octanol–water partition coefficient (Wildman–Crippen LogP) is 3.46. The third kappa shape index (κ3) is 4.01. The molecule has 0 radical (unpaired) electrons. The van der Waals surface area contributed by atoms with Gasteiger partial charge in [0, 0.05) is 31.6 Å². The highest BCUT2D eigenvalue weighted by Gasteiger charge is 2.32. The van der Waals surface area contributed by atoms with Gasteiger partial charge in [0.15, 0.2) is 0 Å². The lowest BCUT2D eigenvalue weighted by Crippen LogP contribution is -2.49. The lowest BCUT2D eigenvalue weighted by molar-refractivity contribution is -0.140. The third-order valence-electron chi connectivity index (χ3n) is 5.21. The van der Waals surface area contributed by atoms with Crippen LogP contribution in [0.2, 0.25) is 0 Å². The summed E-state index contributed by atoms with van der Waals surface area (Å²) < 4.78 is 39.9. The van der Waals surface area contributed by atoms with Crippen molar-refractivity contribution in [1.82, 2.24) is 9.47 Å². The van der Waals surface area contributed by atoms with Crippen molar-refractivity contribution in [1.29, 1.82) is 5.26 Å². The van der Waals surface area contributed by atoms with Crippen molar-refractivity contribution < 1.29 is 18.0 Å². The zero-order chi connectivity index (χ0) is 22.2. The Balaban J connectivity index is 1.72. The Bertz CT molecular complexity index is 1220. The van der Waals surface area contributed by atoms with Crippen LogP contribution in [0.1, 0.15) is 15.2 Å². The molecule has 0 spiro atoms. The second-order valence-corrected chi connectivity index (χ2v) is 8.06. The molecule has 1 aliphatic rings. The van der Waals surface area contributed by atoms with Crippen molar-refractivity contribution in [3.8, 4) is 6.07 Å². The number of piperazine rings is 1. The molecule has 1 aromatic carbocycles. The number of nitriles is 1. The number of hydrogen-bond donors (Lipinski definition) is 0. The molecule has 0 aliphatic carbocycles. The maximum Gasteiger partial charge on any atom is 0.406 e. The van der Waals surface area contributed by atoms with Gasteiger partial charge >= 0.3 is 6.18 Å². The highest BCUT2D eigenvalue weighted by atomic mass is 32.1. The molecule has 1 aliphatic heterocycles. The molecular formula is C21H17F3N4O2S. The summed E-state index contributed by atoms with van der Waals surface area (Å²) >= 11 is 1.35. The number of fused-ring (bicyclic) bond motifs is 1. The van der Waals surface area contributed by atoms with Crippen LogP contribution in [0.15, 0.2) is 46.6 Å². The summed E-state index contributed by atoms with van der Waals surface area (Å²) in [5.74, 6) is -0.0828. The molecule has 0 unspecified atom stereocenters. The van der Waals surface area contributed by atoms with E-state index < -0.39 is 18.3 Å². The summed E-state index contributed by atoms with van der Waals surface area (Å²) in [4.78, 5) is 29.5. The SMILES string of the molecule is N#Cc1c(N2CCN(C(=O)c3cccs3)CC2)c2ccccc2n(CC(F)(F)F)c1=O. The molecule has 2 aromatic heterocycles. The minimum absolute atomic E-state index is 0.0828. The Labute approximate surface area is 179 Å². The van der Waals surface area contributed by atoms with Gasteiger partial charge in [-0.2, -0.15) is 18.4 Å². The number of nitrogens with zero attached hydrogens (tertiary/aromatic N) is 4. The van der Waals surface area contributed by atoms with Crippen molar-refractivity contribution in [2.75, 3.05) is 31.1 Å². The minimum Gasteiger partial charge on any atom is -0.366 e. The zero-order valence-electron chi connectivity index (χ0n) is 16.2. The first kappa shape index (κ1) is 20.9. The number of carbonyl (C=O) groups excluding carboxylic acids is 1. The molecule has 6 nitrogen and oxygen atoms in total. The summed E-state index contributed by atoms with van der Waals surface area (Å²) in [6.45, 7) is 0.00452. The maximum atomic E-state index is 13.1. The summed E-state index contributed by atoms with van der Waals surface area (Å²) in [7, 11) is 0. The molecule has 3 aromatic rings. The van der Waals surface area contributed by atoms with Crippen LogP contribution in [-0.2, 0) is 6.54 Å². The molecule has 0 atom stereocenters. The standard InChI is InChI=1S/C21H17F3N4O2S/c22-21(23,24)13-28-16-5-2-1-4-14(16)18(15(12-25)19(28)29)26-7-9-27(10-8-26)20(30)17-6-3-11-31-17/h1-6,11H,7-10,13H2. The van der Waals surface area contributed by atoms with Crippen LogP contribution in [0.3, 0.4) is 0 Å². The molecule has 160 valence electrons. The van der Waals surface area contributed by atoms with Gasteiger partial charge in [0.25, 0.3) is 11.5 Å². The van der Waals surface area contributed by atoms with Gasteiger partial charge in [-0.15, -0.1) is 11.3 Å². The van der Waals surface area contributed by atoms with Gasteiger partial charge in [-0.3, -0.25) is 14.2 Å². The normalized spacial score (nSPS) is 14.6. The second-order valence-electron chi connectivity index (χ2n) is 7.12. The first-order valence-electron chi connectivity index (χ1n) is 9.50. The van der Waals surface area contributed by atoms with Crippen molar-refractivity contribution in [3.63, 3.8) is 0 Å². The number of alkyl halides is 3. The fourth-order valence-corrected chi connectivity index (χ4v) is 4.54. The van der Waals surface area contributed by atoms with Crippen molar-refractivity contribution in [3.05, 3.63) is 62.6 Å². The summed E-state index contributed by atoms with van der Waals surface area (Å²) in [5, 5.41) is 11.9. The predicted molar refractivity (Wildman–Crippen MR) is 111 cm³/mol. The average Bonchev–Trinajstić information content (AvgIpc) is 3.29. The van der Waals surface area contributed by atoms with Crippen molar-refractivity contribution >= 4 is 33.8 Å². The number of anilines is 1. The van der Waals surface area contributed by atoms with E-state index in [9.17, 15) is 28.0 Å². The van der Waals surface area contributed by atoms with E-state index in [0.29, 0.717) is 46.7 Å². The fraction of sp³-hybridized carbons (Fsp3) is 0.286. The van der Waals surface area contributed by atoms with Crippen LogP contribution < -0.4 is 10.5 Å². The number of pyridine rings is 1. The summed E-state index contributed by atoms with van der Waals surface area (Å²) in [6, 6.07) is 11.6. The molecule has 1 saturated heterocycles. The average molecular weight is 446 g/mol. The molecule has 10 heteroatoms. The van der Waals surface area contributed by atoms with Crippen LogP contribution in [0, 0.1) is 11.3 Å². The Hall–Kier alpha value is -3.32. The number of carbonyl (C=O) groups is 1. The largest absolute Gasteiger partial charge is 0.406 e. The van der Waals surface area contributed by atoms with E-state index in [1.54, 1.807) is 40.1 Å². The smallest absolute Gasteiger partial charge is 0.366 e. The highest BCUT2D eigenvalue weighted by molar-refractivity contribution is 7.12. The summed E-state index contributed by atoms with van der Waals surface area (Å²) in [5.41, 5.74) is -0.840. The molecule has 4 rings (SSSR count). The van der Waals surface area contributed by atoms with Crippen LogP contribution in [0.25, 0.3) is 10.9 Å². The van der Waals surface area contributed by atoms with E-state index in [0.717, 1.165) is 0 Å². The maximum absolute atomic E-state index is 13.1. The molecule has 0 saturated carbocycles. The van der Waals surface area contributed by atoms with E-state index in [4.69, 9.17) is 0 Å². The molecule has 1 amide bonds. The molecule has 0 N–H and O–H groups in total. The quantitative estimate of drug-likeness (QED) is 0.618. The summed E-state index contributed by atoms with van der Waals surface area (Å²) in [6.07, 6.45) is -4.60. The van der Waals surface area contributed by atoms with Crippen LogP contribution >= 0.6 is 11.3 Å². The van der Waals surface area contributed by atoms with Crippen molar-refractivity contribution in [2.45, 2.75) is 12.7 Å².